The Hall–Kier alpha value is -3.30. The number of hydrogen-bond donors (Lipinski definition) is 0. The van der Waals surface area contributed by atoms with E-state index in [-0.39, 0.29) is 23.1 Å². The van der Waals surface area contributed by atoms with E-state index in [2.05, 4.69) is 0 Å². The third-order valence-electron chi connectivity index (χ3n) is 5.64. The van der Waals surface area contributed by atoms with E-state index in [0.717, 1.165) is 35.9 Å². The van der Waals surface area contributed by atoms with Crippen molar-refractivity contribution in [2.75, 3.05) is 26.7 Å². The normalized spacial score (nSPS) is 17.1. The van der Waals surface area contributed by atoms with Gasteiger partial charge < -0.3 is 14.4 Å². The van der Waals surface area contributed by atoms with Gasteiger partial charge in [-0.25, -0.2) is 4.79 Å². The largest absolute Gasteiger partial charge is 0.493 e. The number of halogens is 1. The maximum Gasteiger partial charge on any atom is 0.343 e. The number of carbonyl (C=O) groups excluding carboxylic acids is 4. The quantitative estimate of drug-likeness (QED) is 0.315. The van der Waals surface area contributed by atoms with Crippen LogP contribution in [0.3, 0.4) is 0 Å². The van der Waals surface area contributed by atoms with Crippen LogP contribution in [0, 0.1) is 0 Å². The average Bonchev–Trinajstić information content (AvgIpc) is 3.12. The predicted octanol–water partition coefficient (Wildman–Crippen LogP) is 4.62. The Labute approximate surface area is 211 Å². The molecule has 0 N–H and O–H groups in total. The van der Waals surface area contributed by atoms with Crippen molar-refractivity contribution in [1.29, 1.82) is 0 Å². The number of ether oxygens (including phenoxy) is 2. The molecule has 0 saturated carbocycles. The molecule has 0 spiro atoms. The van der Waals surface area contributed by atoms with Crippen LogP contribution in [0.25, 0.3) is 6.08 Å². The summed E-state index contributed by atoms with van der Waals surface area (Å²) in [6, 6.07) is 11.1. The molecule has 0 aliphatic carbocycles. The summed E-state index contributed by atoms with van der Waals surface area (Å²) in [5.41, 5.74) is 0.832. The van der Waals surface area contributed by atoms with E-state index in [1.165, 1.54) is 13.2 Å². The zero-order valence-electron chi connectivity index (χ0n) is 19.0. The third kappa shape index (κ3) is 5.86. The third-order valence-corrected chi connectivity index (χ3v) is 6.80. The summed E-state index contributed by atoms with van der Waals surface area (Å²) in [5.74, 6) is -0.881. The van der Waals surface area contributed by atoms with E-state index in [0.29, 0.717) is 35.0 Å². The van der Waals surface area contributed by atoms with Gasteiger partial charge in [-0.05, 0) is 79.1 Å². The smallest absolute Gasteiger partial charge is 0.343 e. The van der Waals surface area contributed by atoms with Gasteiger partial charge in [-0.15, -0.1) is 0 Å². The van der Waals surface area contributed by atoms with Crippen LogP contribution in [0.4, 0.5) is 4.79 Å². The number of methoxy groups -OCH3 is 1. The van der Waals surface area contributed by atoms with E-state index < -0.39 is 17.1 Å². The number of esters is 1. The molecule has 2 aromatic rings. The molecule has 35 heavy (non-hydrogen) atoms. The molecule has 2 aromatic carbocycles. The van der Waals surface area contributed by atoms with E-state index in [1.807, 2.05) is 0 Å². The number of likely N-dealkylation sites (tertiary alicyclic amines) is 1. The van der Waals surface area contributed by atoms with Crippen molar-refractivity contribution >= 4 is 52.5 Å². The molecule has 2 aliphatic rings. The van der Waals surface area contributed by atoms with Crippen molar-refractivity contribution in [3.05, 3.63) is 63.5 Å². The summed E-state index contributed by atoms with van der Waals surface area (Å²) in [7, 11) is 1.44. The zero-order chi connectivity index (χ0) is 24.9. The van der Waals surface area contributed by atoms with Crippen molar-refractivity contribution in [2.45, 2.75) is 19.3 Å². The van der Waals surface area contributed by atoms with Gasteiger partial charge in [0.25, 0.3) is 11.1 Å². The Morgan fingerprint density at radius 3 is 2.43 bits per heavy atom. The van der Waals surface area contributed by atoms with Crippen molar-refractivity contribution in [1.82, 2.24) is 9.80 Å². The molecule has 8 nitrogen and oxygen atoms in total. The summed E-state index contributed by atoms with van der Waals surface area (Å²) in [6.45, 7) is 1.02. The molecular weight excluding hydrogens is 492 g/mol. The van der Waals surface area contributed by atoms with Crippen LogP contribution in [-0.4, -0.2) is 59.6 Å². The Kier molecular flexibility index (Phi) is 7.77. The molecule has 182 valence electrons. The van der Waals surface area contributed by atoms with Gasteiger partial charge in [0, 0.05) is 18.1 Å². The second-order valence-electron chi connectivity index (χ2n) is 8.02. The average molecular weight is 515 g/mol. The maximum absolute atomic E-state index is 12.9. The molecule has 0 bridgehead atoms. The van der Waals surface area contributed by atoms with Gasteiger partial charge in [-0.2, -0.15) is 0 Å². The van der Waals surface area contributed by atoms with Crippen LogP contribution in [-0.2, 0) is 9.59 Å². The van der Waals surface area contributed by atoms with Crippen LogP contribution in [0.1, 0.15) is 35.2 Å². The van der Waals surface area contributed by atoms with Crippen molar-refractivity contribution < 1.29 is 28.7 Å². The number of carbonyl (C=O) groups is 4. The Morgan fingerprint density at radius 1 is 1.03 bits per heavy atom. The Balaban J connectivity index is 1.50. The number of thioether (sulfide) groups is 1. The Bertz CT molecular complexity index is 1190. The van der Waals surface area contributed by atoms with Gasteiger partial charge in [0.1, 0.15) is 6.54 Å². The minimum Gasteiger partial charge on any atom is -0.493 e. The molecule has 10 heteroatoms. The van der Waals surface area contributed by atoms with Crippen LogP contribution in [0.5, 0.6) is 11.5 Å². The fourth-order valence-electron chi connectivity index (χ4n) is 3.77. The second kappa shape index (κ2) is 11.0. The lowest BCUT2D eigenvalue weighted by Crippen LogP contribution is -2.44. The molecule has 2 heterocycles. The fourth-order valence-corrected chi connectivity index (χ4v) is 4.74. The van der Waals surface area contributed by atoms with Gasteiger partial charge in [0.15, 0.2) is 11.5 Å². The Morgan fingerprint density at radius 2 is 1.74 bits per heavy atom. The topological polar surface area (TPSA) is 93.2 Å². The predicted molar refractivity (Wildman–Crippen MR) is 133 cm³/mol. The van der Waals surface area contributed by atoms with E-state index in [1.54, 1.807) is 47.4 Å². The molecule has 0 unspecified atom stereocenters. The first kappa shape index (κ1) is 24.8. The molecule has 2 aliphatic heterocycles. The second-order valence-corrected chi connectivity index (χ2v) is 9.45. The van der Waals surface area contributed by atoms with E-state index in [4.69, 9.17) is 21.1 Å². The van der Waals surface area contributed by atoms with Crippen LogP contribution in [0.2, 0.25) is 5.02 Å². The highest BCUT2D eigenvalue weighted by molar-refractivity contribution is 8.18. The van der Waals surface area contributed by atoms with Gasteiger partial charge >= 0.3 is 5.97 Å². The lowest BCUT2D eigenvalue weighted by Gasteiger charge is -2.27. The van der Waals surface area contributed by atoms with Crippen LogP contribution < -0.4 is 9.47 Å². The molecule has 0 radical (unpaired) electrons. The summed E-state index contributed by atoms with van der Waals surface area (Å²) in [4.78, 5) is 53.2. The molecule has 2 fully saturated rings. The summed E-state index contributed by atoms with van der Waals surface area (Å²) in [6.07, 6.45) is 4.45. The molecule has 0 aromatic heterocycles. The number of nitrogens with zero attached hydrogens (tertiary/aromatic N) is 2. The van der Waals surface area contributed by atoms with E-state index in [9.17, 15) is 19.2 Å². The van der Waals surface area contributed by atoms with Crippen LogP contribution >= 0.6 is 23.4 Å². The number of imide groups is 1. The monoisotopic (exact) mass is 514 g/mol. The number of benzene rings is 2. The number of hydrogen-bond acceptors (Lipinski definition) is 7. The lowest BCUT2D eigenvalue weighted by molar-refractivity contribution is -0.136. The molecular formula is C25H23ClN2O6S. The summed E-state index contributed by atoms with van der Waals surface area (Å²) in [5, 5.41) is 0.00205. The minimum atomic E-state index is -0.603. The zero-order valence-corrected chi connectivity index (χ0v) is 20.6. The van der Waals surface area contributed by atoms with Gasteiger partial charge in [0.05, 0.1) is 17.6 Å². The molecule has 4 rings (SSSR count). The van der Waals surface area contributed by atoms with Gasteiger partial charge in [0.2, 0.25) is 5.91 Å². The highest BCUT2D eigenvalue weighted by Gasteiger charge is 2.37. The fraction of sp³-hybridized carbons (Fsp3) is 0.280. The number of rotatable bonds is 6. The number of amides is 3. The highest BCUT2D eigenvalue weighted by atomic mass is 35.5. The first-order chi connectivity index (χ1) is 16.9. The van der Waals surface area contributed by atoms with Gasteiger partial charge in [-0.3, -0.25) is 19.3 Å². The molecule has 0 atom stereocenters. The molecule has 2 saturated heterocycles. The first-order valence-electron chi connectivity index (χ1n) is 11.0. The lowest BCUT2D eigenvalue weighted by atomic mass is 10.1. The first-order valence-corrected chi connectivity index (χ1v) is 12.2. The van der Waals surface area contributed by atoms with Crippen molar-refractivity contribution in [3.8, 4) is 11.5 Å². The SMILES string of the molecule is COc1ccc(/C=C2\SC(=O)N(CC(=O)N3CCCCC3)C2=O)cc1OC(=O)c1ccc(Cl)cc1. The summed E-state index contributed by atoms with van der Waals surface area (Å²) < 4.78 is 10.8. The summed E-state index contributed by atoms with van der Waals surface area (Å²) >= 11 is 6.64. The van der Waals surface area contributed by atoms with E-state index >= 15 is 0 Å². The molecule has 3 amide bonds. The number of piperidine rings is 1. The maximum atomic E-state index is 12.9. The van der Waals surface area contributed by atoms with Crippen molar-refractivity contribution in [3.63, 3.8) is 0 Å². The van der Waals surface area contributed by atoms with Gasteiger partial charge in [-0.1, -0.05) is 17.7 Å². The highest BCUT2D eigenvalue weighted by Crippen LogP contribution is 2.35. The van der Waals surface area contributed by atoms with Crippen molar-refractivity contribution in [2.24, 2.45) is 0 Å². The standard InChI is InChI=1S/C25H23ClN2O6S/c1-33-19-10-5-16(13-20(19)34-24(31)17-6-8-18(26)9-7-17)14-21-23(30)28(25(32)35-21)15-22(29)27-11-3-2-4-12-27/h5-10,13-14H,2-4,11-12,15H2,1H3/b21-14-. The minimum absolute atomic E-state index is 0.153. The van der Waals surface area contributed by atoms with Crippen LogP contribution in [0.15, 0.2) is 47.4 Å².